The van der Waals surface area contributed by atoms with Crippen molar-refractivity contribution >= 4 is 10.8 Å². The first-order valence-corrected chi connectivity index (χ1v) is 7.52. The Bertz CT molecular complexity index is 716. The molecule has 1 nitrogen and oxygen atoms in total. The van der Waals surface area contributed by atoms with Crippen LogP contribution in [-0.4, -0.2) is 6.04 Å². The summed E-state index contributed by atoms with van der Waals surface area (Å²) >= 11 is 0. The fraction of sp³-hybridized carbons (Fsp3) is 0.200. The first kappa shape index (κ1) is 13.8. The van der Waals surface area contributed by atoms with Gasteiger partial charge in [0.15, 0.2) is 0 Å². The van der Waals surface area contributed by atoms with Gasteiger partial charge in [0.2, 0.25) is 0 Å². The van der Waals surface area contributed by atoms with E-state index >= 15 is 0 Å². The molecule has 0 aliphatic carbocycles. The standard InChI is InChI=1S/C20H21N/c1-15(21)20(13-16-7-3-2-4-8-16)19-12-11-17-9-5-6-10-18(17)14-19/h2-12,14-15,20H,13,21H2,1H3. The molecule has 0 spiro atoms. The molecule has 2 atom stereocenters. The van der Waals surface area contributed by atoms with Crippen LogP contribution in [0.25, 0.3) is 10.8 Å². The van der Waals surface area contributed by atoms with Crippen molar-refractivity contribution in [3.8, 4) is 0 Å². The van der Waals surface area contributed by atoms with Crippen molar-refractivity contribution in [2.24, 2.45) is 5.73 Å². The van der Waals surface area contributed by atoms with Gasteiger partial charge in [-0.1, -0.05) is 72.8 Å². The second-order valence-corrected chi connectivity index (χ2v) is 5.76. The molecule has 3 rings (SSSR count). The van der Waals surface area contributed by atoms with Gasteiger partial charge in [-0.15, -0.1) is 0 Å². The van der Waals surface area contributed by atoms with E-state index in [9.17, 15) is 0 Å². The monoisotopic (exact) mass is 275 g/mol. The van der Waals surface area contributed by atoms with Gasteiger partial charge in [-0.2, -0.15) is 0 Å². The summed E-state index contributed by atoms with van der Waals surface area (Å²) in [4.78, 5) is 0. The van der Waals surface area contributed by atoms with Gasteiger partial charge in [0.05, 0.1) is 0 Å². The van der Waals surface area contributed by atoms with Crippen LogP contribution in [0.15, 0.2) is 72.8 Å². The summed E-state index contributed by atoms with van der Waals surface area (Å²) in [6.45, 7) is 2.10. The maximum Gasteiger partial charge on any atom is 0.00825 e. The summed E-state index contributed by atoms with van der Waals surface area (Å²) in [6, 6.07) is 25.9. The molecule has 0 aliphatic heterocycles. The number of nitrogens with two attached hydrogens (primary N) is 1. The van der Waals surface area contributed by atoms with Crippen LogP contribution in [0.2, 0.25) is 0 Å². The highest BCUT2D eigenvalue weighted by Gasteiger charge is 2.17. The lowest BCUT2D eigenvalue weighted by Crippen LogP contribution is -2.26. The van der Waals surface area contributed by atoms with Crippen LogP contribution in [0.4, 0.5) is 0 Å². The molecule has 0 aliphatic rings. The van der Waals surface area contributed by atoms with Gasteiger partial charge >= 0.3 is 0 Å². The Morgan fingerprint density at radius 1 is 0.810 bits per heavy atom. The van der Waals surface area contributed by atoms with E-state index in [0.717, 1.165) is 6.42 Å². The predicted molar refractivity (Wildman–Crippen MR) is 90.5 cm³/mol. The molecule has 0 saturated heterocycles. The molecule has 0 heterocycles. The predicted octanol–water partition coefficient (Wildman–Crippen LogP) is 4.51. The van der Waals surface area contributed by atoms with Crippen molar-refractivity contribution in [3.05, 3.63) is 83.9 Å². The van der Waals surface area contributed by atoms with Crippen LogP contribution in [0.1, 0.15) is 24.0 Å². The third kappa shape index (κ3) is 3.14. The topological polar surface area (TPSA) is 26.0 Å². The van der Waals surface area contributed by atoms with Crippen molar-refractivity contribution in [1.82, 2.24) is 0 Å². The highest BCUT2D eigenvalue weighted by molar-refractivity contribution is 5.83. The largest absolute Gasteiger partial charge is 0.327 e. The Hall–Kier alpha value is -2.12. The minimum atomic E-state index is 0.131. The van der Waals surface area contributed by atoms with Gasteiger partial charge < -0.3 is 5.73 Å². The third-order valence-corrected chi connectivity index (χ3v) is 4.13. The average Bonchev–Trinajstić information content (AvgIpc) is 2.53. The number of rotatable bonds is 4. The molecule has 3 aromatic carbocycles. The maximum absolute atomic E-state index is 6.26. The Balaban J connectivity index is 1.95. The lowest BCUT2D eigenvalue weighted by molar-refractivity contribution is 0.565. The van der Waals surface area contributed by atoms with E-state index in [1.807, 2.05) is 0 Å². The molecule has 0 aromatic heterocycles. The van der Waals surface area contributed by atoms with E-state index in [0.29, 0.717) is 5.92 Å². The second-order valence-electron chi connectivity index (χ2n) is 5.76. The zero-order valence-electron chi connectivity index (χ0n) is 12.4. The van der Waals surface area contributed by atoms with Crippen molar-refractivity contribution in [2.75, 3.05) is 0 Å². The minimum absolute atomic E-state index is 0.131. The molecule has 0 fully saturated rings. The maximum atomic E-state index is 6.26. The van der Waals surface area contributed by atoms with Crippen LogP contribution in [0.3, 0.4) is 0 Å². The summed E-state index contributed by atoms with van der Waals surface area (Å²) in [5.74, 6) is 0.344. The lowest BCUT2D eigenvalue weighted by Gasteiger charge is -2.22. The SMILES string of the molecule is CC(N)C(Cc1ccccc1)c1ccc2ccccc2c1. The zero-order valence-corrected chi connectivity index (χ0v) is 12.4. The molecule has 1 heteroatoms. The van der Waals surface area contributed by atoms with Crippen molar-refractivity contribution in [1.29, 1.82) is 0 Å². The van der Waals surface area contributed by atoms with E-state index < -0.39 is 0 Å². The van der Waals surface area contributed by atoms with Crippen LogP contribution in [0.5, 0.6) is 0 Å². The van der Waals surface area contributed by atoms with E-state index in [1.54, 1.807) is 0 Å². The molecule has 2 unspecified atom stereocenters. The lowest BCUT2D eigenvalue weighted by atomic mass is 9.86. The van der Waals surface area contributed by atoms with Gasteiger partial charge in [-0.3, -0.25) is 0 Å². The van der Waals surface area contributed by atoms with Gasteiger partial charge in [0.1, 0.15) is 0 Å². The number of fused-ring (bicyclic) bond motifs is 1. The first-order chi connectivity index (χ1) is 10.2. The Labute approximate surface area is 126 Å². The molecular formula is C20H21N. The zero-order chi connectivity index (χ0) is 14.7. The third-order valence-electron chi connectivity index (χ3n) is 4.13. The van der Waals surface area contributed by atoms with Gasteiger partial charge in [0, 0.05) is 12.0 Å². The number of benzene rings is 3. The summed E-state index contributed by atoms with van der Waals surface area (Å²) in [5.41, 5.74) is 8.93. The molecule has 0 saturated carbocycles. The summed E-state index contributed by atoms with van der Waals surface area (Å²) in [5, 5.41) is 2.57. The average molecular weight is 275 g/mol. The number of hydrogen-bond donors (Lipinski definition) is 1. The quantitative estimate of drug-likeness (QED) is 0.744. The van der Waals surface area contributed by atoms with E-state index in [4.69, 9.17) is 5.73 Å². The van der Waals surface area contributed by atoms with Crippen LogP contribution < -0.4 is 5.73 Å². The van der Waals surface area contributed by atoms with E-state index in [-0.39, 0.29) is 6.04 Å². The normalized spacial score (nSPS) is 14.0. The molecule has 21 heavy (non-hydrogen) atoms. The molecule has 0 radical (unpaired) electrons. The van der Waals surface area contributed by atoms with Gasteiger partial charge in [-0.25, -0.2) is 0 Å². The highest BCUT2D eigenvalue weighted by atomic mass is 14.6. The summed E-state index contributed by atoms with van der Waals surface area (Å²) < 4.78 is 0. The summed E-state index contributed by atoms with van der Waals surface area (Å²) in [7, 11) is 0. The van der Waals surface area contributed by atoms with Crippen molar-refractivity contribution in [2.45, 2.75) is 25.3 Å². The fourth-order valence-corrected chi connectivity index (χ4v) is 2.91. The highest BCUT2D eigenvalue weighted by Crippen LogP contribution is 2.27. The molecular weight excluding hydrogens is 254 g/mol. The summed E-state index contributed by atoms with van der Waals surface area (Å²) in [6.07, 6.45) is 0.983. The minimum Gasteiger partial charge on any atom is -0.327 e. The van der Waals surface area contributed by atoms with Crippen molar-refractivity contribution < 1.29 is 0 Å². The van der Waals surface area contributed by atoms with E-state index in [1.165, 1.54) is 21.9 Å². The molecule has 0 bridgehead atoms. The smallest absolute Gasteiger partial charge is 0.00825 e. The van der Waals surface area contributed by atoms with Crippen LogP contribution in [0, 0.1) is 0 Å². The van der Waals surface area contributed by atoms with Gasteiger partial charge in [-0.05, 0) is 35.2 Å². The Kier molecular flexibility index (Phi) is 4.03. The van der Waals surface area contributed by atoms with Crippen LogP contribution in [-0.2, 0) is 6.42 Å². The fourth-order valence-electron chi connectivity index (χ4n) is 2.91. The second kappa shape index (κ2) is 6.11. The van der Waals surface area contributed by atoms with E-state index in [2.05, 4.69) is 79.7 Å². The van der Waals surface area contributed by atoms with Gasteiger partial charge in [0.25, 0.3) is 0 Å². The molecule has 3 aromatic rings. The molecule has 2 N–H and O–H groups in total. The van der Waals surface area contributed by atoms with Crippen molar-refractivity contribution in [3.63, 3.8) is 0 Å². The first-order valence-electron chi connectivity index (χ1n) is 7.52. The molecule has 0 amide bonds. The molecule has 106 valence electrons. The Morgan fingerprint density at radius 2 is 1.48 bits per heavy atom. The Morgan fingerprint density at radius 3 is 2.19 bits per heavy atom. The van der Waals surface area contributed by atoms with Crippen LogP contribution >= 0.6 is 0 Å². The number of hydrogen-bond acceptors (Lipinski definition) is 1.